The monoisotopic (exact) mass is 182 g/mol. The van der Waals surface area contributed by atoms with E-state index < -0.39 is 12.3 Å². The summed E-state index contributed by atoms with van der Waals surface area (Å²) in [4.78, 5) is 0. The maximum Gasteiger partial charge on any atom is 0.173 e. The van der Waals surface area contributed by atoms with Gasteiger partial charge in [-0.2, -0.15) is 0 Å². The van der Waals surface area contributed by atoms with Gasteiger partial charge in [-0.05, 0) is 11.6 Å². The van der Waals surface area contributed by atoms with Crippen molar-refractivity contribution in [2.24, 2.45) is 5.73 Å². The molecule has 4 nitrogen and oxygen atoms in total. The molecule has 0 radical (unpaired) electrons. The van der Waals surface area contributed by atoms with Crippen LogP contribution in [-0.2, 0) is 4.74 Å². The predicted molar refractivity (Wildman–Crippen MR) is 50.8 cm³/mol. The number of aliphatic hydroxyl groups is 1. The molecule has 2 atom stereocenters. The van der Waals surface area contributed by atoms with Crippen LogP contribution in [0.15, 0.2) is 24.3 Å². The van der Waals surface area contributed by atoms with E-state index in [0.717, 1.165) is 0 Å². The van der Waals surface area contributed by atoms with E-state index >= 15 is 0 Å². The molecule has 1 rings (SSSR count). The Bertz CT molecular complexity index is 278. The lowest BCUT2D eigenvalue weighted by molar-refractivity contribution is -0.0902. The highest BCUT2D eigenvalue weighted by Crippen LogP contribution is 2.20. The molecule has 0 bridgehead atoms. The molecular formula is C9H14N2O2. The summed E-state index contributed by atoms with van der Waals surface area (Å²) in [6.07, 6.45) is -1.02. The minimum atomic E-state index is -1.02. The molecule has 0 spiro atoms. The molecule has 1 aromatic carbocycles. The maximum absolute atomic E-state index is 9.30. The molecule has 0 saturated heterocycles. The van der Waals surface area contributed by atoms with Crippen molar-refractivity contribution in [3.8, 4) is 0 Å². The summed E-state index contributed by atoms with van der Waals surface area (Å²) < 4.78 is 4.70. The predicted octanol–water partition coefficient (Wildman–Crippen LogP) is 0.233. The number of ether oxygens (including phenoxy) is 1. The van der Waals surface area contributed by atoms with Gasteiger partial charge >= 0.3 is 0 Å². The van der Waals surface area contributed by atoms with Crippen LogP contribution in [0.25, 0.3) is 0 Å². The summed E-state index contributed by atoms with van der Waals surface area (Å²) >= 11 is 0. The highest BCUT2D eigenvalue weighted by molar-refractivity contribution is 5.48. The first-order valence-corrected chi connectivity index (χ1v) is 3.97. The van der Waals surface area contributed by atoms with Gasteiger partial charge < -0.3 is 21.3 Å². The average molecular weight is 182 g/mol. The van der Waals surface area contributed by atoms with Gasteiger partial charge in [0.15, 0.2) is 6.29 Å². The standard InChI is InChI=1S/C9H14N2O2/c1-13-9(12)8(11)6-4-2-3-5-7(6)10/h2-5,8-9,12H,10-11H2,1H3. The quantitative estimate of drug-likeness (QED) is 0.462. The number of benzene rings is 1. The number of nitrogen functional groups attached to an aromatic ring is 1. The Hall–Kier alpha value is -1.10. The molecule has 72 valence electrons. The smallest absolute Gasteiger partial charge is 0.173 e. The van der Waals surface area contributed by atoms with Crippen molar-refractivity contribution >= 4 is 5.69 Å². The van der Waals surface area contributed by atoms with Crippen molar-refractivity contribution in [1.29, 1.82) is 0 Å². The second-order valence-corrected chi connectivity index (χ2v) is 2.78. The summed E-state index contributed by atoms with van der Waals surface area (Å²) in [6, 6.07) is 6.52. The van der Waals surface area contributed by atoms with Crippen molar-refractivity contribution in [3.63, 3.8) is 0 Å². The van der Waals surface area contributed by atoms with Crippen LogP contribution in [0.1, 0.15) is 11.6 Å². The molecule has 5 N–H and O–H groups in total. The van der Waals surface area contributed by atoms with Crippen LogP contribution in [0, 0.1) is 0 Å². The van der Waals surface area contributed by atoms with Crippen LogP contribution < -0.4 is 11.5 Å². The van der Waals surface area contributed by atoms with E-state index in [0.29, 0.717) is 11.3 Å². The molecule has 4 heteroatoms. The van der Waals surface area contributed by atoms with Crippen LogP contribution in [0.5, 0.6) is 0 Å². The summed E-state index contributed by atoms with van der Waals surface area (Å²) in [5, 5.41) is 9.30. The number of hydrogen-bond donors (Lipinski definition) is 3. The Morgan fingerprint density at radius 3 is 2.54 bits per heavy atom. The summed E-state index contributed by atoms with van der Waals surface area (Å²) in [6.45, 7) is 0. The molecule has 0 heterocycles. The van der Waals surface area contributed by atoms with E-state index in [9.17, 15) is 5.11 Å². The van der Waals surface area contributed by atoms with Gasteiger partial charge in [0, 0.05) is 12.8 Å². The Balaban J connectivity index is 2.88. The normalized spacial score (nSPS) is 15.3. The van der Waals surface area contributed by atoms with E-state index in [4.69, 9.17) is 16.2 Å². The van der Waals surface area contributed by atoms with Gasteiger partial charge in [-0.15, -0.1) is 0 Å². The van der Waals surface area contributed by atoms with E-state index in [1.807, 2.05) is 12.1 Å². The number of hydrogen-bond acceptors (Lipinski definition) is 4. The van der Waals surface area contributed by atoms with Gasteiger partial charge in [0.2, 0.25) is 0 Å². The number of nitrogens with two attached hydrogens (primary N) is 2. The SMILES string of the molecule is COC(O)C(N)c1ccccc1N. The minimum Gasteiger partial charge on any atom is -0.398 e. The summed E-state index contributed by atoms with van der Waals surface area (Å²) in [5.74, 6) is 0. The number of para-hydroxylation sites is 1. The highest BCUT2D eigenvalue weighted by Gasteiger charge is 2.17. The van der Waals surface area contributed by atoms with Crippen molar-refractivity contribution < 1.29 is 9.84 Å². The zero-order valence-corrected chi connectivity index (χ0v) is 7.47. The molecule has 0 aromatic heterocycles. The molecule has 1 aromatic rings. The Morgan fingerprint density at radius 1 is 1.38 bits per heavy atom. The molecule has 0 fully saturated rings. The zero-order valence-electron chi connectivity index (χ0n) is 7.47. The second kappa shape index (κ2) is 4.23. The van der Waals surface area contributed by atoms with Crippen molar-refractivity contribution in [2.45, 2.75) is 12.3 Å². The second-order valence-electron chi connectivity index (χ2n) is 2.78. The number of aliphatic hydroxyl groups excluding tert-OH is 1. The van der Waals surface area contributed by atoms with Gasteiger partial charge in [0.25, 0.3) is 0 Å². The Kier molecular flexibility index (Phi) is 3.25. The fourth-order valence-corrected chi connectivity index (χ4v) is 1.11. The summed E-state index contributed by atoms with van der Waals surface area (Å²) in [7, 11) is 1.39. The molecule has 0 aliphatic rings. The molecule has 0 aliphatic heterocycles. The lowest BCUT2D eigenvalue weighted by atomic mass is 10.1. The topological polar surface area (TPSA) is 81.5 Å². The van der Waals surface area contributed by atoms with E-state index in [2.05, 4.69) is 0 Å². The van der Waals surface area contributed by atoms with Crippen LogP contribution in [0.3, 0.4) is 0 Å². The first kappa shape index (κ1) is 9.98. The molecule has 2 unspecified atom stereocenters. The molecule has 0 saturated carbocycles. The van der Waals surface area contributed by atoms with E-state index in [-0.39, 0.29) is 0 Å². The lowest BCUT2D eigenvalue weighted by Gasteiger charge is -2.18. The first-order chi connectivity index (χ1) is 6.16. The minimum absolute atomic E-state index is 0.561. The van der Waals surface area contributed by atoms with Gasteiger partial charge in [-0.25, -0.2) is 0 Å². The Morgan fingerprint density at radius 2 is 2.00 bits per heavy atom. The van der Waals surface area contributed by atoms with Crippen molar-refractivity contribution in [1.82, 2.24) is 0 Å². The van der Waals surface area contributed by atoms with E-state index in [1.54, 1.807) is 12.1 Å². The third kappa shape index (κ3) is 2.18. The zero-order chi connectivity index (χ0) is 9.84. The maximum atomic E-state index is 9.30. The molecule has 0 aliphatic carbocycles. The highest BCUT2D eigenvalue weighted by atomic mass is 16.6. The number of rotatable bonds is 3. The van der Waals surface area contributed by atoms with Gasteiger partial charge in [0.1, 0.15) is 0 Å². The van der Waals surface area contributed by atoms with Crippen LogP contribution >= 0.6 is 0 Å². The van der Waals surface area contributed by atoms with Crippen molar-refractivity contribution in [3.05, 3.63) is 29.8 Å². The average Bonchev–Trinajstić information content (AvgIpc) is 2.16. The fourth-order valence-electron chi connectivity index (χ4n) is 1.11. The molecular weight excluding hydrogens is 168 g/mol. The number of methoxy groups -OCH3 is 1. The first-order valence-electron chi connectivity index (χ1n) is 3.97. The fraction of sp³-hybridized carbons (Fsp3) is 0.333. The molecule has 0 amide bonds. The summed E-state index contributed by atoms with van der Waals surface area (Å²) in [5.41, 5.74) is 12.6. The van der Waals surface area contributed by atoms with Gasteiger partial charge in [0.05, 0.1) is 6.04 Å². The van der Waals surface area contributed by atoms with E-state index in [1.165, 1.54) is 7.11 Å². The van der Waals surface area contributed by atoms with Crippen LogP contribution in [0.4, 0.5) is 5.69 Å². The van der Waals surface area contributed by atoms with Crippen LogP contribution in [0.2, 0.25) is 0 Å². The van der Waals surface area contributed by atoms with Crippen molar-refractivity contribution in [2.75, 3.05) is 12.8 Å². The third-order valence-corrected chi connectivity index (χ3v) is 1.90. The largest absolute Gasteiger partial charge is 0.398 e. The lowest BCUT2D eigenvalue weighted by Crippen LogP contribution is -2.28. The van der Waals surface area contributed by atoms with Gasteiger partial charge in [-0.3, -0.25) is 0 Å². The van der Waals surface area contributed by atoms with Gasteiger partial charge in [-0.1, -0.05) is 18.2 Å². The van der Waals surface area contributed by atoms with Crippen LogP contribution in [-0.4, -0.2) is 18.5 Å². The Labute approximate surface area is 77.1 Å². The number of anilines is 1. The third-order valence-electron chi connectivity index (χ3n) is 1.90. The molecule has 13 heavy (non-hydrogen) atoms.